The SMILES string of the molecule is CNCCc1ccc(S(=O)(=O)NCC(C)OC)cc1. The van der Waals surface area contributed by atoms with E-state index in [1.807, 2.05) is 26.1 Å². The third-order valence-electron chi connectivity index (χ3n) is 2.86. The van der Waals surface area contributed by atoms with Crippen LogP contribution in [0.3, 0.4) is 0 Å². The summed E-state index contributed by atoms with van der Waals surface area (Å²) in [7, 11) is -0.00860. The fourth-order valence-electron chi connectivity index (χ4n) is 1.50. The molecule has 1 aromatic carbocycles. The number of methoxy groups -OCH3 is 1. The summed E-state index contributed by atoms with van der Waals surface area (Å²) in [4.78, 5) is 0.281. The van der Waals surface area contributed by atoms with Gasteiger partial charge in [-0.2, -0.15) is 0 Å². The molecule has 108 valence electrons. The Morgan fingerprint density at radius 3 is 2.42 bits per heavy atom. The maximum atomic E-state index is 12.0. The molecule has 1 atom stereocenters. The van der Waals surface area contributed by atoms with Crippen LogP contribution in [0.5, 0.6) is 0 Å². The second kappa shape index (κ2) is 7.59. The summed E-state index contributed by atoms with van der Waals surface area (Å²) in [5.74, 6) is 0. The van der Waals surface area contributed by atoms with E-state index in [4.69, 9.17) is 4.74 Å². The molecule has 0 heterocycles. The van der Waals surface area contributed by atoms with Gasteiger partial charge >= 0.3 is 0 Å². The molecular weight excluding hydrogens is 264 g/mol. The third kappa shape index (κ3) is 5.28. The van der Waals surface area contributed by atoms with Crippen LogP contribution in [-0.2, 0) is 21.2 Å². The van der Waals surface area contributed by atoms with Gasteiger partial charge in [-0.1, -0.05) is 12.1 Å². The van der Waals surface area contributed by atoms with Crippen LogP contribution in [0.25, 0.3) is 0 Å². The molecule has 0 aromatic heterocycles. The maximum absolute atomic E-state index is 12.0. The van der Waals surface area contributed by atoms with E-state index in [9.17, 15) is 8.42 Å². The van der Waals surface area contributed by atoms with Crippen molar-refractivity contribution in [3.63, 3.8) is 0 Å². The van der Waals surface area contributed by atoms with Crippen LogP contribution < -0.4 is 10.0 Å². The highest BCUT2D eigenvalue weighted by Gasteiger charge is 2.14. The Labute approximate surface area is 115 Å². The Bertz CT molecular complexity index is 471. The van der Waals surface area contributed by atoms with Gasteiger partial charge in [0.25, 0.3) is 0 Å². The van der Waals surface area contributed by atoms with Crippen LogP contribution in [0.2, 0.25) is 0 Å². The number of hydrogen-bond donors (Lipinski definition) is 2. The monoisotopic (exact) mass is 286 g/mol. The number of hydrogen-bond acceptors (Lipinski definition) is 4. The molecule has 5 nitrogen and oxygen atoms in total. The summed E-state index contributed by atoms with van der Waals surface area (Å²) in [6.45, 7) is 2.94. The van der Waals surface area contributed by atoms with Gasteiger partial charge in [0.15, 0.2) is 0 Å². The van der Waals surface area contributed by atoms with Crippen molar-refractivity contribution < 1.29 is 13.2 Å². The Morgan fingerprint density at radius 1 is 1.26 bits per heavy atom. The minimum atomic E-state index is -3.45. The summed E-state index contributed by atoms with van der Waals surface area (Å²) < 4.78 is 31.5. The Hall–Kier alpha value is -0.950. The smallest absolute Gasteiger partial charge is 0.240 e. The zero-order chi connectivity index (χ0) is 14.3. The molecule has 0 aliphatic rings. The van der Waals surface area contributed by atoms with Crippen LogP contribution in [-0.4, -0.2) is 41.8 Å². The minimum absolute atomic E-state index is 0.148. The summed E-state index contributed by atoms with van der Waals surface area (Å²) in [5, 5.41) is 3.06. The molecule has 0 saturated heterocycles. The molecule has 0 radical (unpaired) electrons. The third-order valence-corrected chi connectivity index (χ3v) is 4.30. The first kappa shape index (κ1) is 16.1. The van der Waals surface area contributed by atoms with E-state index in [0.29, 0.717) is 0 Å². The minimum Gasteiger partial charge on any atom is -0.380 e. The van der Waals surface area contributed by atoms with E-state index < -0.39 is 10.0 Å². The van der Waals surface area contributed by atoms with Gasteiger partial charge in [-0.25, -0.2) is 13.1 Å². The molecule has 0 amide bonds. The van der Waals surface area contributed by atoms with E-state index >= 15 is 0 Å². The first-order valence-electron chi connectivity index (χ1n) is 6.25. The van der Waals surface area contributed by atoms with Crippen molar-refractivity contribution in [2.24, 2.45) is 0 Å². The van der Waals surface area contributed by atoms with Crippen molar-refractivity contribution in [3.8, 4) is 0 Å². The summed E-state index contributed by atoms with van der Waals surface area (Å²) in [6, 6.07) is 6.94. The standard InChI is InChI=1S/C13H22N2O3S/c1-11(18-3)10-15-19(16,17)13-6-4-12(5-7-13)8-9-14-2/h4-7,11,14-15H,8-10H2,1-3H3. The lowest BCUT2D eigenvalue weighted by Gasteiger charge is -2.11. The molecule has 0 aliphatic heterocycles. The zero-order valence-corrected chi connectivity index (χ0v) is 12.5. The Morgan fingerprint density at radius 2 is 1.89 bits per heavy atom. The fourth-order valence-corrected chi connectivity index (χ4v) is 2.61. The van der Waals surface area contributed by atoms with Gasteiger partial charge in [-0.15, -0.1) is 0 Å². The van der Waals surface area contributed by atoms with E-state index in [1.165, 1.54) is 0 Å². The average molecular weight is 286 g/mol. The van der Waals surface area contributed by atoms with Gasteiger partial charge in [0.1, 0.15) is 0 Å². The lowest BCUT2D eigenvalue weighted by molar-refractivity contribution is 0.122. The first-order chi connectivity index (χ1) is 8.99. The van der Waals surface area contributed by atoms with E-state index in [-0.39, 0.29) is 17.5 Å². The summed E-state index contributed by atoms with van der Waals surface area (Å²) in [6.07, 6.45) is 0.731. The maximum Gasteiger partial charge on any atom is 0.240 e. The van der Waals surface area contributed by atoms with Gasteiger partial charge in [-0.05, 0) is 44.6 Å². The van der Waals surface area contributed by atoms with Crippen molar-refractivity contribution in [2.45, 2.75) is 24.3 Å². The molecule has 0 saturated carbocycles. The first-order valence-corrected chi connectivity index (χ1v) is 7.74. The van der Waals surface area contributed by atoms with E-state index in [0.717, 1.165) is 18.5 Å². The number of sulfonamides is 1. The second-order valence-electron chi connectivity index (χ2n) is 4.40. The zero-order valence-electron chi connectivity index (χ0n) is 11.6. The molecule has 0 bridgehead atoms. The molecular formula is C13H22N2O3S. The highest BCUT2D eigenvalue weighted by molar-refractivity contribution is 7.89. The Kier molecular flexibility index (Phi) is 6.44. The van der Waals surface area contributed by atoms with Gasteiger partial charge in [0, 0.05) is 13.7 Å². The van der Waals surface area contributed by atoms with Crippen molar-refractivity contribution in [1.29, 1.82) is 0 Å². The number of rotatable bonds is 8. The highest BCUT2D eigenvalue weighted by atomic mass is 32.2. The Balaban J connectivity index is 2.68. The molecule has 0 aliphatic carbocycles. The molecule has 19 heavy (non-hydrogen) atoms. The lowest BCUT2D eigenvalue weighted by Crippen LogP contribution is -2.31. The van der Waals surface area contributed by atoms with E-state index in [1.54, 1.807) is 19.2 Å². The second-order valence-corrected chi connectivity index (χ2v) is 6.16. The quantitative estimate of drug-likeness (QED) is 0.740. The van der Waals surface area contributed by atoms with E-state index in [2.05, 4.69) is 10.0 Å². The normalized spacial score (nSPS) is 13.4. The van der Waals surface area contributed by atoms with Crippen LogP contribution >= 0.6 is 0 Å². The van der Waals surface area contributed by atoms with Gasteiger partial charge in [-0.3, -0.25) is 0 Å². The van der Waals surface area contributed by atoms with Gasteiger partial charge < -0.3 is 10.1 Å². The summed E-state index contributed by atoms with van der Waals surface area (Å²) in [5.41, 5.74) is 1.11. The predicted molar refractivity (Wildman–Crippen MR) is 75.7 cm³/mol. The molecule has 6 heteroatoms. The van der Waals surface area contributed by atoms with Crippen LogP contribution in [0.1, 0.15) is 12.5 Å². The average Bonchev–Trinajstić information content (AvgIpc) is 2.43. The van der Waals surface area contributed by atoms with Gasteiger partial charge in [0.2, 0.25) is 10.0 Å². The number of likely N-dealkylation sites (N-methyl/N-ethyl adjacent to an activating group) is 1. The van der Waals surface area contributed by atoms with Crippen molar-refractivity contribution in [1.82, 2.24) is 10.0 Å². The van der Waals surface area contributed by atoms with Crippen molar-refractivity contribution in [3.05, 3.63) is 29.8 Å². The van der Waals surface area contributed by atoms with Crippen LogP contribution in [0, 0.1) is 0 Å². The molecule has 1 unspecified atom stereocenters. The molecule has 0 fully saturated rings. The molecule has 1 rings (SSSR count). The van der Waals surface area contributed by atoms with Gasteiger partial charge in [0.05, 0.1) is 11.0 Å². The van der Waals surface area contributed by atoms with Crippen LogP contribution in [0.15, 0.2) is 29.2 Å². The molecule has 1 aromatic rings. The fraction of sp³-hybridized carbons (Fsp3) is 0.538. The van der Waals surface area contributed by atoms with Crippen molar-refractivity contribution >= 4 is 10.0 Å². The predicted octanol–water partition coefficient (Wildman–Crippen LogP) is 0.762. The lowest BCUT2D eigenvalue weighted by atomic mass is 10.1. The number of ether oxygens (including phenoxy) is 1. The number of benzene rings is 1. The molecule has 0 spiro atoms. The number of nitrogens with one attached hydrogen (secondary N) is 2. The summed E-state index contributed by atoms with van der Waals surface area (Å²) >= 11 is 0. The van der Waals surface area contributed by atoms with Crippen molar-refractivity contribution in [2.75, 3.05) is 27.2 Å². The molecule has 2 N–H and O–H groups in total. The van der Waals surface area contributed by atoms with Crippen LogP contribution in [0.4, 0.5) is 0 Å². The largest absolute Gasteiger partial charge is 0.380 e. The topological polar surface area (TPSA) is 67.4 Å². The highest BCUT2D eigenvalue weighted by Crippen LogP contribution is 2.11.